The molecule has 1 N–H and O–H groups in total. The van der Waals surface area contributed by atoms with Gasteiger partial charge in [-0.15, -0.1) is 22.7 Å². The molecular formula is C20H14BrClN2O2S2. The van der Waals surface area contributed by atoms with Crippen molar-refractivity contribution in [2.45, 2.75) is 6.92 Å². The van der Waals surface area contributed by atoms with Gasteiger partial charge in [0.15, 0.2) is 5.13 Å². The average Bonchev–Trinajstić information content (AvgIpc) is 3.22. The maximum atomic E-state index is 12.8. The third-order valence-corrected chi connectivity index (χ3v) is 7.26. The van der Waals surface area contributed by atoms with Crippen molar-refractivity contribution in [3.8, 4) is 17.0 Å². The van der Waals surface area contributed by atoms with Crippen LogP contribution in [-0.2, 0) is 0 Å². The summed E-state index contributed by atoms with van der Waals surface area (Å²) in [5, 5.41) is 4.67. The molecule has 0 spiro atoms. The van der Waals surface area contributed by atoms with Crippen LogP contribution in [0.3, 0.4) is 0 Å². The lowest BCUT2D eigenvalue weighted by atomic mass is 10.1. The number of rotatable bonds is 4. The van der Waals surface area contributed by atoms with Crippen LogP contribution in [0.4, 0.5) is 5.13 Å². The van der Waals surface area contributed by atoms with E-state index >= 15 is 0 Å². The summed E-state index contributed by atoms with van der Waals surface area (Å²) in [6, 6.07) is 13.5. The highest BCUT2D eigenvalue weighted by Crippen LogP contribution is 2.38. The number of aryl methyl sites for hydroxylation is 1. The van der Waals surface area contributed by atoms with Gasteiger partial charge < -0.3 is 4.74 Å². The van der Waals surface area contributed by atoms with Gasteiger partial charge in [-0.1, -0.05) is 39.7 Å². The maximum absolute atomic E-state index is 12.8. The number of nitrogens with zero attached hydrogens (tertiary/aromatic N) is 1. The van der Waals surface area contributed by atoms with E-state index in [-0.39, 0.29) is 5.91 Å². The highest BCUT2D eigenvalue weighted by molar-refractivity contribution is 9.10. The summed E-state index contributed by atoms with van der Waals surface area (Å²) in [5.74, 6) is 0.440. The SMILES string of the molecule is COc1ccc2sc(C(=O)Nc3nc(-c4ccc(Br)cc4)c(C)s3)c(Cl)c2c1. The minimum absolute atomic E-state index is 0.263. The van der Waals surface area contributed by atoms with Crippen molar-refractivity contribution in [1.82, 2.24) is 4.98 Å². The monoisotopic (exact) mass is 492 g/mol. The van der Waals surface area contributed by atoms with Crippen LogP contribution in [0.5, 0.6) is 5.75 Å². The van der Waals surface area contributed by atoms with Gasteiger partial charge in [0.25, 0.3) is 5.91 Å². The number of fused-ring (bicyclic) bond motifs is 1. The van der Waals surface area contributed by atoms with Crippen molar-refractivity contribution in [2.75, 3.05) is 12.4 Å². The Bertz CT molecular complexity index is 1190. The number of thiophene rings is 1. The molecule has 1 amide bonds. The van der Waals surface area contributed by atoms with Crippen LogP contribution < -0.4 is 10.1 Å². The van der Waals surface area contributed by atoms with E-state index in [4.69, 9.17) is 16.3 Å². The number of anilines is 1. The fraction of sp³-hybridized carbons (Fsp3) is 0.100. The van der Waals surface area contributed by atoms with Crippen molar-refractivity contribution in [2.24, 2.45) is 0 Å². The van der Waals surface area contributed by atoms with E-state index in [1.807, 2.05) is 49.4 Å². The topological polar surface area (TPSA) is 51.2 Å². The molecular weight excluding hydrogens is 480 g/mol. The molecule has 0 aliphatic heterocycles. The Hall–Kier alpha value is -1.93. The number of methoxy groups -OCH3 is 1. The number of benzene rings is 2. The van der Waals surface area contributed by atoms with Crippen LogP contribution in [0, 0.1) is 6.92 Å². The first kappa shape index (κ1) is 19.4. The first-order chi connectivity index (χ1) is 13.5. The van der Waals surface area contributed by atoms with Gasteiger partial charge in [-0.2, -0.15) is 0 Å². The number of hydrogen-bond acceptors (Lipinski definition) is 5. The number of halogens is 2. The van der Waals surface area contributed by atoms with Crippen LogP contribution in [-0.4, -0.2) is 18.0 Å². The fourth-order valence-corrected chi connectivity index (χ4v) is 5.28. The Balaban J connectivity index is 1.62. The number of thiazole rings is 1. The van der Waals surface area contributed by atoms with Crippen LogP contribution in [0.25, 0.3) is 21.3 Å². The normalized spacial score (nSPS) is 11.0. The van der Waals surface area contributed by atoms with Gasteiger partial charge in [-0.3, -0.25) is 10.1 Å². The lowest BCUT2D eigenvalue weighted by Crippen LogP contribution is -2.10. The highest BCUT2D eigenvalue weighted by atomic mass is 79.9. The molecule has 0 aliphatic carbocycles. The van der Waals surface area contributed by atoms with Gasteiger partial charge >= 0.3 is 0 Å². The predicted molar refractivity (Wildman–Crippen MR) is 121 cm³/mol. The van der Waals surface area contributed by atoms with E-state index in [9.17, 15) is 4.79 Å². The number of ether oxygens (including phenoxy) is 1. The van der Waals surface area contributed by atoms with E-state index in [0.29, 0.717) is 20.8 Å². The zero-order chi connectivity index (χ0) is 19.8. The van der Waals surface area contributed by atoms with Crippen LogP contribution in [0.2, 0.25) is 5.02 Å². The molecule has 4 aromatic rings. The van der Waals surface area contributed by atoms with E-state index in [0.717, 1.165) is 30.7 Å². The average molecular weight is 494 g/mol. The molecule has 0 bridgehead atoms. The summed E-state index contributed by atoms with van der Waals surface area (Å²) in [4.78, 5) is 18.9. The third-order valence-electron chi connectivity index (χ3n) is 4.18. The maximum Gasteiger partial charge on any atom is 0.269 e. The summed E-state index contributed by atoms with van der Waals surface area (Å²) < 4.78 is 7.18. The molecule has 0 fully saturated rings. The molecule has 4 nitrogen and oxygen atoms in total. The Morgan fingerprint density at radius 2 is 1.93 bits per heavy atom. The number of nitrogens with one attached hydrogen (secondary N) is 1. The molecule has 28 heavy (non-hydrogen) atoms. The molecule has 0 unspecified atom stereocenters. The standard InChI is InChI=1S/C20H14BrClN2O2S2/c1-10-17(11-3-5-12(21)6-4-11)23-20(27-10)24-19(25)18-16(22)14-9-13(26-2)7-8-15(14)28-18/h3-9H,1-2H3,(H,23,24,25). The van der Waals surface area contributed by atoms with Gasteiger partial charge in [0, 0.05) is 25.0 Å². The summed E-state index contributed by atoms with van der Waals surface area (Å²) in [5.41, 5.74) is 1.87. The third kappa shape index (κ3) is 3.67. The minimum Gasteiger partial charge on any atom is -0.497 e. The molecule has 4 rings (SSSR count). The Labute approximate surface area is 183 Å². The second-order valence-corrected chi connectivity index (χ2v) is 9.54. The molecule has 2 aromatic carbocycles. The van der Waals surface area contributed by atoms with Gasteiger partial charge in [-0.05, 0) is 37.3 Å². The smallest absolute Gasteiger partial charge is 0.269 e. The zero-order valence-electron chi connectivity index (χ0n) is 14.9. The highest BCUT2D eigenvalue weighted by Gasteiger charge is 2.20. The summed E-state index contributed by atoms with van der Waals surface area (Å²) in [7, 11) is 1.60. The quantitative estimate of drug-likeness (QED) is 0.333. The van der Waals surface area contributed by atoms with Crippen molar-refractivity contribution in [1.29, 1.82) is 0 Å². The first-order valence-electron chi connectivity index (χ1n) is 8.27. The number of carbonyl (C=O) groups excluding carboxylic acids is 1. The van der Waals surface area contributed by atoms with Crippen LogP contribution in [0.1, 0.15) is 14.5 Å². The van der Waals surface area contributed by atoms with E-state index < -0.39 is 0 Å². The fourth-order valence-electron chi connectivity index (χ4n) is 2.80. The van der Waals surface area contributed by atoms with Gasteiger partial charge in [0.2, 0.25) is 0 Å². The second-order valence-electron chi connectivity index (χ2n) is 5.99. The molecule has 0 saturated heterocycles. The minimum atomic E-state index is -0.263. The number of aromatic nitrogens is 1. The largest absolute Gasteiger partial charge is 0.497 e. The molecule has 142 valence electrons. The lowest BCUT2D eigenvalue weighted by Gasteiger charge is -2.00. The van der Waals surface area contributed by atoms with Crippen LogP contribution >= 0.6 is 50.2 Å². The molecule has 8 heteroatoms. The Kier molecular flexibility index (Phi) is 5.42. The Morgan fingerprint density at radius 3 is 2.64 bits per heavy atom. The number of carbonyl (C=O) groups is 1. The van der Waals surface area contributed by atoms with Crippen molar-refractivity contribution < 1.29 is 9.53 Å². The first-order valence-corrected chi connectivity index (χ1v) is 11.1. The van der Waals surface area contributed by atoms with Gasteiger partial charge in [0.1, 0.15) is 10.6 Å². The zero-order valence-corrected chi connectivity index (χ0v) is 18.9. The summed E-state index contributed by atoms with van der Waals surface area (Å²) in [6.07, 6.45) is 0. The van der Waals surface area contributed by atoms with E-state index in [1.165, 1.54) is 22.7 Å². The lowest BCUT2D eigenvalue weighted by molar-refractivity contribution is 0.103. The van der Waals surface area contributed by atoms with E-state index in [2.05, 4.69) is 26.2 Å². The Morgan fingerprint density at radius 1 is 1.18 bits per heavy atom. The van der Waals surface area contributed by atoms with Gasteiger partial charge in [0.05, 0.1) is 17.8 Å². The molecule has 0 atom stereocenters. The van der Waals surface area contributed by atoms with Crippen molar-refractivity contribution >= 4 is 71.3 Å². The van der Waals surface area contributed by atoms with Crippen LogP contribution in [0.15, 0.2) is 46.9 Å². The molecule has 0 aliphatic rings. The van der Waals surface area contributed by atoms with E-state index in [1.54, 1.807) is 7.11 Å². The van der Waals surface area contributed by atoms with Crippen molar-refractivity contribution in [3.63, 3.8) is 0 Å². The number of hydrogen-bond donors (Lipinski definition) is 1. The molecule has 2 aromatic heterocycles. The van der Waals surface area contributed by atoms with Crippen molar-refractivity contribution in [3.05, 3.63) is 61.7 Å². The second kappa shape index (κ2) is 7.83. The predicted octanol–water partition coefficient (Wildman–Crippen LogP) is 7.01. The van der Waals surface area contributed by atoms with Gasteiger partial charge in [-0.25, -0.2) is 4.98 Å². The molecule has 2 heterocycles. The molecule has 0 radical (unpaired) electrons. The number of amides is 1. The molecule has 0 saturated carbocycles. The summed E-state index contributed by atoms with van der Waals surface area (Å²) >= 11 is 12.7. The summed E-state index contributed by atoms with van der Waals surface area (Å²) in [6.45, 7) is 1.99.